The summed E-state index contributed by atoms with van der Waals surface area (Å²) in [5.41, 5.74) is 30.5. The quantitative estimate of drug-likeness (QED) is 0.129. The second-order valence-electron chi connectivity index (χ2n) is 35.7. The van der Waals surface area contributed by atoms with Crippen molar-refractivity contribution in [3.05, 3.63) is 449 Å². The van der Waals surface area contributed by atoms with Crippen molar-refractivity contribution in [2.45, 2.75) is 0 Å². The zero-order valence-corrected chi connectivity index (χ0v) is 76.1. The Bertz CT molecular complexity index is 10100. The maximum absolute atomic E-state index is 6.53. The van der Waals surface area contributed by atoms with E-state index in [1.807, 2.05) is 169 Å². The number of rotatable bonds is 10. The third kappa shape index (κ3) is 12.6. The van der Waals surface area contributed by atoms with Crippen LogP contribution in [0.2, 0.25) is 0 Å². The van der Waals surface area contributed by atoms with Gasteiger partial charge in [-0.2, -0.15) is 0 Å². The molecular weight excluding hydrogens is 1750 g/mol. The van der Waals surface area contributed by atoms with Gasteiger partial charge < -0.3 is 35.9 Å². The number of benzene rings is 19. The smallest absolute Gasteiger partial charge is 0.180 e. The van der Waals surface area contributed by atoms with Crippen molar-refractivity contribution in [1.29, 1.82) is 0 Å². The molecule has 19 aromatic carbocycles. The first-order valence-electron chi connectivity index (χ1n) is 47.2. The minimum Gasteiger partial charge on any atom is -0.454 e. The summed E-state index contributed by atoms with van der Waals surface area (Å²) in [6.45, 7) is 0. The summed E-state index contributed by atoms with van der Waals surface area (Å²) >= 11 is 1.87. The number of thiophene rings is 1. The van der Waals surface area contributed by atoms with Crippen LogP contribution in [0.1, 0.15) is 0 Å². The molecule has 0 amide bonds. The van der Waals surface area contributed by atoms with Crippen molar-refractivity contribution >= 4 is 207 Å². The normalized spacial score (nSPS) is 12.0. The lowest BCUT2D eigenvalue weighted by atomic mass is 10.1. The minimum atomic E-state index is 0.670. The molecule has 31 rings (SSSR count). The molecule has 31 aromatic rings. The molecule has 0 saturated carbocycles. The molecule has 141 heavy (non-hydrogen) atoms. The Labute approximate surface area is 806 Å². The van der Waals surface area contributed by atoms with E-state index in [0.29, 0.717) is 34.2 Å². The first-order valence-corrected chi connectivity index (χ1v) is 48.0. The first-order chi connectivity index (χ1) is 69.9. The fourth-order valence-corrected chi connectivity index (χ4v) is 22.7. The topological polar surface area (TPSA) is 150 Å². The third-order valence-electron chi connectivity index (χ3n) is 27.8. The van der Waals surface area contributed by atoms with E-state index in [9.17, 15) is 0 Å². The molecule has 12 aromatic heterocycles. The van der Waals surface area contributed by atoms with Gasteiger partial charge in [-0.25, -0.2) is 29.9 Å². The van der Waals surface area contributed by atoms with E-state index in [-0.39, 0.29) is 0 Å². The van der Waals surface area contributed by atoms with E-state index in [4.69, 9.17) is 47.6 Å². The Hall–Kier alpha value is -19.0. The minimum absolute atomic E-state index is 0.670. The second-order valence-corrected chi connectivity index (χ2v) is 36.8. The summed E-state index contributed by atoms with van der Waals surface area (Å²) < 4.78 is 37.9. The molecule has 0 atom stereocenters. The summed E-state index contributed by atoms with van der Waals surface area (Å²) in [6.07, 6.45) is 0. The number of para-hydroxylation sites is 9. The van der Waals surface area contributed by atoms with E-state index in [1.165, 1.54) is 85.5 Å². The van der Waals surface area contributed by atoms with Gasteiger partial charge in [-0.15, -0.1) is 11.3 Å². The molecule has 14 nitrogen and oxygen atoms in total. The fraction of sp³-hybridized carbons (Fsp3) is 0. The molecule has 0 saturated heterocycles. The van der Waals surface area contributed by atoms with Crippen molar-refractivity contribution in [2.24, 2.45) is 0 Å². The van der Waals surface area contributed by atoms with Crippen LogP contribution < -0.4 is 0 Å². The van der Waals surface area contributed by atoms with E-state index >= 15 is 0 Å². The van der Waals surface area contributed by atoms with Crippen LogP contribution in [-0.2, 0) is 0 Å². The van der Waals surface area contributed by atoms with Crippen LogP contribution in [0, 0.1) is 0 Å². The van der Waals surface area contributed by atoms with Crippen LogP contribution in [-0.4, -0.2) is 48.2 Å². The summed E-state index contributed by atoms with van der Waals surface area (Å²) in [7, 11) is 0. The van der Waals surface area contributed by atoms with E-state index < -0.39 is 0 Å². The predicted octanol–water partition coefficient (Wildman–Crippen LogP) is 33.8. The van der Waals surface area contributed by atoms with Crippen LogP contribution >= 0.6 is 11.3 Å². The summed E-state index contributed by atoms with van der Waals surface area (Å²) in [5, 5.41) is 17.5. The highest BCUT2D eigenvalue weighted by Gasteiger charge is 2.28. The first kappa shape index (κ1) is 79.4. The summed E-state index contributed by atoms with van der Waals surface area (Å²) in [6, 6.07) is 156. The van der Waals surface area contributed by atoms with Crippen molar-refractivity contribution in [1.82, 2.24) is 48.2 Å². The zero-order valence-electron chi connectivity index (χ0n) is 75.2. The van der Waals surface area contributed by atoms with E-state index in [2.05, 4.69) is 309 Å². The lowest BCUT2D eigenvalue weighted by molar-refractivity contribution is 0.667. The van der Waals surface area contributed by atoms with E-state index in [1.54, 1.807) is 0 Å². The maximum atomic E-state index is 6.53. The van der Waals surface area contributed by atoms with Gasteiger partial charge in [0.1, 0.15) is 56.0 Å². The highest BCUT2D eigenvalue weighted by Crippen LogP contribution is 2.49. The van der Waals surface area contributed by atoms with Gasteiger partial charge in [-0.3, -0.25) is 0 Å². The van der Waals surface area contributed by atoms with Gasteiger partial charge in [0.25, 0.3) is 0 Å². The van der Waals surface area contributed by atoms with E-state index in [0.717, 1.165) is 167 Å². The second kappa shape index (κ2) is 31.8. The van der Waals surface area contributed by atoms with Crippen LogP contribution in [0.3, 0.4) is 0 Å². The molecule has 0 aliphatic heterocycles. The molecule has 0 radical (unpaired) electrons. The molecule has 658 valence electrons. The molecule has 0 fully saturated rings. The van der Waals surface area contributed by atoms with Crippen LogP contribution in [0.25, 0.3) is 286 Å². The van der Waals surface area contributed by atoms with Crippen molar-refractivity contribution in [3.8, 4) is 90.7 Å². The molecular formula is C126H74N10O4S. The van der Waals surface area contributed by atoms with Gasteiger partial charge in [0.2, 0.25) is 0 Å². The SMILES string of the molecule is c1ccc(-c2nc(-c3ccc(-n4c5ccccc5c5ccc6c7ccccc7n(-c7ccccc7)c6c54)cc3)c3oc4ccccc4c3n2)cc1.c1ccc(-c2nc(-c3ccc(-n4c5ccccc5c5ccc6c7ccccc7oc6c54)cc3)c3oc4ccccc4c3n2)cc1.c1ccc(-c2nc(-c3ccc(-n4c5ccccc5c5ccc6c7ccccc7sc6c54)cc3)c3oc4ccccc4c3n2)cc1. The lowest BCUT2D eigenvalue weighted by Crippen LogP contribution is -1.99. The Balaban J connectivity index is 0.000000102. The van der Waals surface area contributed by atoms with Gasteiger partial charge in [0.05, 0.1) is 48.8 Å². The number of fused-ring (bicyclic) bond motifs is 30. The van der Waals surface area contributed by atoms with Gasteiger partial charge in [-0.05, 0) is 127 Å². The Morgan fingerprint density at radius 3 is 0.830 bits per heavy atom. The molecule has 0 bridgehead atoms. The van der Waals surface area contributed by atoms with Crippen LogP contribution in [0.15, 0.2) is 467 Å². The highest BCUT2D eigenvalue weighted by atomic mass is 32.1. The average molecular weight is 1820 g/mol. The van der Waals surface area contributed by atoms with Crippen LogP contribution in [0.5, 0.6) is 0 Å². The van der Waals surface area contributed by atoms with Crippen molar-refractivity contribution < 1.29 is 17.7 Å². The largest absolute Gasteiger partial charge is 0.454 e. The summed E-state index contributed by atoms with van der Waals surface area (Å²) in [5.74, 6) is 2.03. The molecule has 15 heteroatoms. The standard InChI is InChI=1S/C46H28N4O.C40H23N3O2.C40H23N3OS/c1-3-13-30(14-4-1)46-47-41(45-42(48-46)37-19-9-12-22-40(37)51-45)29-23-25-32(26-24-29)50-39-21-11-8-18-34(39)36-28-27-35-33-17-7-10-20-38(33)49(43(35)44(36)50)31-15-5-2-6-16-31;1-2-10-25(11-3-1)40-41-35(39-36(42-40)31-14-6-9-17-34(31)45-39)24-18-20-26(21-19-24)43-32-15-7-4-12-27(32)29-22-23-30-28-13-5-8-16-33(28)44-38(30)37(29)43;1-2-10-25(11-3-1)40-41-35(38-36(42-40)31-14-5-8-16-33(31)44-38)24-18-20-26(21-19-24)43-32-15-7-4-12-27(32)29-22-23-30-28-13-6-9-17-34(28)45-39(30)37(29)43/h1-28H;2*1-23H. The number of hydrogen-bond acceptors (Lipinski definition) is 11. The van der Waals surface area contributed by atoms with Crippen molar-refractivity contribution in [2.75, 3.05) is 0 Å². The zero-order chi connectivity index (χ0) is 92.4. The number of furan rings is 4. The molecule has 0 unspecified atom stereocenters. The van der Waals surface area contributed by atoms with Crippen molar-refractivity contribution in [3.63, 3.8) is 0 Å². The highest BCUT2D eigenvalue weighted by molar-refractivity contribution is 7.26. The average Bonchev–Trinajstić information content (AvgIpc) is 1.54. The molecule has 12 heterocycles. The predicted molar refractivity (Wildman–Crippen MR) is 578 cm³/mol. The third-order valence-corrected chi connectivity index (χ3v) is 29.0. The Morgan fingerprint density at radius 2 is 0.440 bits per heavy atom. The number of aromatic nitrogens is 10. The van der Waals surface area contributed by atoms with Gasteiger partial charge in [0.15, 0.2) is 39.8 Å². The van der Waals surface area contributed by atoms with Gasteiger partial charge in [0, 0.05) is 142 Å². The van der Waals surface area contributed by atoms with Gasteiger partial charge >= 0.3 is 0 Å². The van der Waals surface area contributed by atoms with Gasteiger partial charge in [-0.1, -0.05) is 322 Å². The number of nitrogens with zero attached hydrogens (tertiary/aromatic N) is 10. The Morgan fingerprint density at radius 1 is 0.170 bits per heavy atom. The fourth-order valence-electron chi connectivity index (χ4n) is 21.4. The number of hydrogen-bond donors (Lipinski definition) is 0. The lowest BCUT2D eigenvalue weighted by Gasteiger charge is -2.13. The summed E-state index contributed by atoms with van der Waals surface area (Å²) in [4.78, 5) is 30.3. The van der Waals surface area contributed by atoms with Crippen LogP contribution in [0.4, 0.5) is 0 Å². The Kier molecular flexibility index (Phi) is 17.9. The monoisotopic (exact) mass is 1820 g/mol. The molecule has 0 spiro atoms. The molecule has 0 aliphatic rings. The molecule has 0 aliphatic carbocycles. The molecule has 0 N–H and O–H groups in total. The maximum Gasteiger partial charge on any atom is 0.180 e.